The van der Waals surface area contributed by atoms with E-state index in [4.69, 9.17) is 45.3 Å². The number of rotatable bonds is 11. The topological polar surface area (TPSA) is 137 Å². The number of ether oxygens (including phenoxy) is 3. The van der Waals surface area contributed by atoms with Crippen LogP contribution in [0.25, 0.3) is 0 Å². The van der Waals surface area contributed by atoms with Crippen molar-refractivity contribution < 1.29 is 41.7 Å². The maximum atomic E-state index is 14.4. The number of halogens is 2. The van der Waals surface area contributed by atoms with E-state index in [0.717, 1.165) is 4.57 Å². The minimum atomic E-state index is -3.81. The number of anilines is 1. The van der Waals surface area contributed by atoms with E-state index in [2.05, 4.69) is 4.98 Å². The predicted octanol–water partition coefficient (Wildman–Crippen LogP) is 3.53. The van der Waals surface area contributed by atoms with E-state index in [1.54, 1.807) is 48.5 Å². The van der Waals surface area contributed by atoms with Crippen LogP contribution >= 0.6 is 6.72 Å². The summed E-state index contributed by atoms with van der Waals surface area (Å²) in [5.74, 6) is 1.51. The van der Waals surface area contributed by atoms with Crippen molar-refractivity contribution in [1.82, 2.24) is 9.55 Å². The monoisotopic (exact) mass is 585 g/mol. The highest BCUT2D eigenvalue weighted by Gasteiger charge is 2.54. The van der Waals surface area contributed by atoms with Gasteiger partial charge in [0.1, 0.15) is 34.9 Å². The number of aliphatic hydroxyl groups excluding tert-OH is 1. The van der Waals surface area contributed by atoms with E-state index >= 15 is 0 Å². The average molecular weight is 586 g/mol. The Labute approximate surface area is 227 Å². The van der Waals surface area contributed by atoms with Crippen molar-refractivity contribution in [2.75, 3.05) is 26.6 Å². The van der Waals surface area contributed by atoms with Gasteiger partial charge in [0.2, 0.25) is 0 Å². The number of nitrogens with zero attached hydrogens (tertiary/aromatic N) is 2. The molecule has 210 valence electrons. The zero-order valence-corrected chi connectivity index (χ0v) is 22.5. The summed E-state index contributed by atoms with van der Waals surface area (Å²) in [7, 11) is 3.00. The molecule has 2 heterocycles. The smallest absolute Gasteiger partial charge is 0.435 e. The number of aliphatic hydroxyl groups is 1. The van der Waals surface area contributed by atoms with Crippen molar-refractivity contribution in [2.24, 2.45) is 0 Å². The molecule has 1 fully saturated rings. The first kappa shape index (κ1) is 28.7. The van der Waals surface area contributed by atoms with Gasteiger partial charge in [0.05, 0.1) is 20.8 Å². The Kier molecular flexibility index (Phi) is 8.72. The lowest BCUT2D eigenvalue weighted by Gasteiger charge is -2.31. The second-order valence-electron chi connectivity index (χ2n) is 8.44. The molecule has 0 saturated carbocycles. The summed E-state index contributed by atoms with van der Waals surface area (Å²) in [6, 6.07) is 13.9. The predicted molar refractivity (Wildman–Crippen MR) is 140 cm³/mol. The van der Waals surface area contributed by atoms with Crippen LogP contribution in [0, 0.1) is 0 Å². The van der Waals surface area contributed by atoms with E-state index in [1.165, 1.54) is 26.5 Å². The van der Waals surface area contributed by atoms with Gasteiger partial charge in [-0.15, -0.1) is 0 Å². The van der Waals surface area contributed by atoms with Gasteiger partial charge in [-0.2, -0.15) is 4.98 Å². The zero-order valence-electron chi connectivity index (χ0n) is 20.8. The molecule has 3 aromatic rings. The molecule has 1 aliphatic heterocycles. The zero-order chi connectivity index (χ0) is 28.2. The molecule has 15 heteroatoms. The first-order valence-electron chi connectivity index (χ1n) is 11.5. The summed E-state index contributed by atoms with van der Waals surface area (Å²) in [6.07, 6.45) is -5.48. The van der Waals surface area contributed by atoms with Crippen LogP contribution in [0.3, 0.4) is 0 Å². The third-order valence-corrected chi connectivity index (χ3v) is 7.86. The summed E-state index contributed by atoms with van der Waals surface area (Å²) in [4.78, 5) is 15.8. The lowest BCUT2D eigenvalue weighted by Crippen LogP contribution is -2.42. The van der Waals surface area contributed by atoms with Gasteiger partial charge < -0.3 is 34.1 Å². The molecule has 2 aromatic carbocycles. The van der Waals surface area contributed by atoms with Crippen molar-refractivity contribution in [2.45, 2.75) is 30.8 Å². The fourth-order valence-corrected chi connectivity index (χ4v) is 5.72. The first-order valence-corrected chi connectivity index (χ1v) is 14.0. The van der Waals surface area contributed by atoms with Crippen LogP contribution in [0.15, 0.2) is 65.6 Å². The molecule has 39 heavy (non-hydrogen) atoms. The molecule has 3 unspecified atom stereocenters. The van der Waals surface area contributed by atoms with Gasteiger partial charge in [-0.25, -0.2) is 13.6 Å². The summed E-state index contributed by atoms with van der Waals surface area (Å²) in [5.41, 5.74) is 2.28. The molecule has 0 spiro atoms. The van der Waals surface area contributed by atoms with Crippen molar-refractivity contribution in [1.29, 1.82) is 0 Å². The van der Waals surface area contributed by atoms with Gasteiger partial charge in [0.25, 0.3) is 6.43 Å². The second kappa shape index (κ2) is 11.8. The molecular formula is C24H26F2N3O8PS. The Balaban J connectivity index is 1.60. The molecule has 11 nitrogen and oxygen atoms in total. The lowest BCUT2D eigenvalue weighted by molar-refractivity contribution is -0.170. The standard InChI is InChI=1S/C24H26F2N3O8PS/c1-32-15-3-7-17(8-4-15)36-38(39,37-18-9-5-16(33-2)6-10-18)34-14-24(22(25)26)13-19(30)21(35-24)29-12-11-20(27)28-23(29)31/h3-12,19,21-22,30H,13-14H2,1-2H3,(H2,27,28,31). The molecule has 0 bridgehead atoms. The number of methoxy groups -OCH3 is 2. The maximum absolute atomic E-state index is 14.4. The summed E-state index contributed by atoms with van der Waals surface area (Å²) in [6.45, 7) is -4.63. The molecule has 0 aliphatic carbocycles. The fraction of sp³-hybridized carbons (Fsp3) is 0.333. The highest BCUT2D eigenvalue weighted by Crippen LogP contribution is 2.52. The van der Waals surface area contributed by atoms with Gasteiger partial charge in [-0.3, -0.25) is 9.09 Å². The molecule has 3 atom stereocenters. The average Bonchev–Trinajstić information content (AvgIpc) is 3.26. The van der Waals surface area contributed by atoms with E-state index in [0.29, 0.717) is 11.5 Å². The third kappa shape index (κ3) is 6.65. The highest BCUT2D eigenvalue weighted by atomic mass is 32.5. The summed E-state index contributed by atoms with van der Waals surface area (Å²) in [5, 5.41) is 10.6. The van der Waals surface area contributed by atoms with Crippen LogP contribution in [0.5, 0.6) is 23.0 Å². The summed E-state index contributed by atoms with van der Waals surface area (Å²) >= 11 is 5.59. The Morgan fingerprint density at radius 2 is 1.59 bits per heavy atom. The van der Waals surface area contributed by atoms with Gasteiger partial charge in [-0.1, -0.05) is 0 Å². The van der Waals surface area contributed by atoms with Gasteiger partial charge in [0.15, 0.2) is 11.8 Å². The molecule has 1 aliphatic rings. The minimum absolute atomic E-state index is 0.0701. The molecule has 1 aromatic heterocycles. The van der Waals surface area contributed by atoms with Crippen LogP contribution in [0.4, 0.5) is 14.6 Å². The van der Waals surface area contributed by atoms with E-state index in [1.807, 2.05) is 0 Å². The lowest BCUT2D eigenvalue weighted by atomic mass is 10.0. The van der Waals surface area contributed by atoms with Crippen LogP contribution in [0.2, 0.25) is 0 Å². The van der Waals surface area contributed by atoms with Gasteiger partial charge in [-0.05, 0) is 54.6 Å². The van der Waals surface area contributed by atoms with Crippen molar-refractivity contribution in [3.8, 4) is 23.0 Å². The highest BCUT2D eigenvalue weighted by molar-refractivity contribution is 8.07. The Morgan fingerprint density at radius 1 is 1.08 bits per heavy atom. The van der Waals surface area contributed by atoms with E-state index in [-0.39, 0.29) is 17.3 Å². The number of hydrogen-bond acceptors (Lipinski definition) is 11. The number of nitrogen functional groups attached to an aromatic ring is 1. The number of aromatic nitrogens is 2. The van der Waals surface area contributed by atoms with Crippen LogP contribution in [0.1, 0.15) is 12.6 Å². The maximum Gasteiger partial charge on any atom is 0.435 e. The van der Waals surface area contributed by atoms with Crippen molar-refractivity contribution in [3.05, 3.63) is 71.3 Å². The largest absolute Gasteiger partial charge is 0.497 e. The van der Waals surface area contributed by atoms with Gasteiger partial charge in [0, 0.05) is 24.4 Å². The Morgan fingerprint density at radius 3 is 2.05 bits per heavy atom. The molecule has 0 amide bonds. The SMILES string of the molecule is COc1ccc(OP(=S)(OCC2(C(F)F)CC(O)C(n3ccc(N)nc3=O)O2)Oc2ccc(OC)cc2)cc1. The second-order valence-corrected chi connectivity index (χ2v) is 11.3. The van der Waals surface area contributed by atoms with Crippen molar-refractivity contribution >= 4 is 24.3 Å². The van der Waals surface area contributed by atoms with Crippen LogP contribution < -0.4 is 29.9 Å². The first-order chi connectivity index (χ1) is 18.6. The van der Waals surface area contributed by atoms with Crippen molar-refractivity contribution in [3.63, 3.8) is 0 Å². The third-order valence-electron chi connectivity index (χ3n) is 5.78. The Hall–Kier alpha value is -3.29. The van der Waals surface area contributed by atoms with Gasteiger partial charge >= 0.3 is 12.4 Å². The molecule has 0 radical (unpaired) electrons. The molecule has 4 rings (SSSR count). The van der Waals surface area contributed by atoms with Crippen LogP contribution in [-0.4, -0.2) is 53.6 Å². The molecule has 1 saturated heterocycles. The fourth-order valence-electron chi connectivity index (χ4n) is 3.77. The van der Waals surface area contributed by atoms with E-state index in [9.17, 15) is 18.7 Å². The molecular weight excluding hydrogens is 559 g/mol. The van der Waals surface area contributed by atoms with Crippen LogP contribution in [-0.2, 0) is 21.1 Å². The van der Waals surface area contributed by atoms with E-state index < -0.39 is 49.8 Å². The number of alkyl halides is 2. The Bertz CT molecular complexity index is 1330. The summed E-state index contributed by atoms with van der Waals surface area (Å²) < 4.78 is 63.1. The molecule has 3 N–H and O–H groups in total. The minimum Gasteiger partial charge on any atom is -0.497 e. The number of hydrogen-bond donors (Lipinski definition) is 2. The quantitative estimate of drug-likeness (QED) is 0.320. The normalized spacial score (nSPS) is 21.1. The number of benzene rings is 2. The number of nitrogens with two attached hydrogens (primary N) is 1.